The Kier molecular flexibility index (Phi) is 8.22. The number of carbonyl (C=O) groups excluding carboxylic acids is 1. The van der Waals surface area contributed by atoms with Gasteiger partial charge in [0.15, 0.2) is 6.19 Å². The molecule has 162 valence electrons. The summed E-state index contributed by atoms with van der Waals surface area (Å²) in [6.45, 7) is 1.88. The lowest BCUT2D eigenvalue weighted by Gasteiger charge is -2.33. The molecule has 1 unspecified atom stereocenters. The number of nitrogens with zero attached hydrogens (tertiary/aromatic N) is 6. The van der Waals surface area contributed by atoms with Crippen molar-refractivity contribution in [2.24, 2.45) is 10.1 Å². The highest BCUT2D eigenvalue weighted by molar-refractivity contribution is 6.30. The van der Waals surface area contributed by atoms with Gasteiger partial charge in [-0.2, -0.15) is 15.6 Å². The number of unbranched alkanes of at least 4 members (excludes halogenated alkanes) is 3. The average Bonchev–Trinajstić information content (AvgIpc) is 3.21. The number of benzene rings is 1. The largest absolute Gasteiger partial charge is 0.370 e. The van der Waals surface area contributed by atoms with E-state index >= 15 is 0 Å². The SMILES string of the molecule is N#CCCCCCN=C(NC#N)N1CC(N2CCOCC2=O)C(c2ccc(Cl)cc2)=N1. The first-order valence-electron chi connectivity index (χ1n) is 10.2. The summed E-state index contributed by atoms with van der Waals surface area (Å²) in [5.74, 6) is 0.251. The summed E-state index contributed by atoms with van der Waals surface area (Å²) >= 11 is 6.04. The third-order valence-corrected chi connectivity index (χ3v) is 5.30. The van der Waals surface area contributed by atoms with E-state index in [4.69, 9.17) is 26.7 Å². The first-order chi connectivity index (χ1) is 15.1. The van der Waals surface area contributed by atoms with Crippen LogP contribution in [0.25, 0.3) is 0 Å². The number of nitriles is 2. The molecule has 2 aliphatic rings. The third kappa shape index (κ3) is 5.94. The predicted molar refractivity (Wildman–Crippen MR) is 116 cm³/mol. The monoisotopic (exact) mass is 441 g/mol. The van der Waals surface area contributed by atoms with Gasteiger partial charge >= 0.3 is 0 Å². The van der Waals surface area contributed by atoms with E-state index in [1.54, 1.807) is 22.0 Å². The maximum Gasteiger partial charge on any atom is 0.249 e. The van der Waals surface area contributed by atoms with Crippen LogP contribution in [0.1, 0.15) is 31.2 Å². The summed E-state index contributed by atoms with van der Waals surface area (Å²) < 4.78 is 5.27. The number of nitrogens with one attached hydrogen (secondary N) is 1. The lowest BCUT2D eigenvalue weighted by Crippen LogP contribution is -2.52. The molecule has 0 saturated carbocycles. The number of carbonyl (C=O) groups is 1. The summed E-state index contributed by atoms with van der Waals surface area (Å²) in [6, 6.07) is 9.13. The number of aliphatic imine (C=N–C) groups is 1. The molecule has 0 spiro atoms. The minimum Gasteiger partial charge on any atom is -0.370 e. The molecule has 0 aliphatic carbocycles. The van der Waals surface area contributed by atoms with Crippen molar-refractivity contribution in [3.8, 4) is 12.3 Å². The molecule has 31 heavy (non-hydrogen) atoms. The molecule has 1 aromatic rings. The Morgan fingerprint density at radius 3 is 2.81 bits per heavy atom. The van der Waals surface area contributed by atoms with Crippen molar-refractivity contribution in [1.29, 1.82) is 10.5 Å². The Labute approximate surface area is 186 Å². The summed E-state index contributed by atoms with van der Waals surface area (Å²) in [7, 11) is 0. The number of halogens is 1. The molecule has 2 aliphatic heterocycles. The second-order valence-electron chi connectivity index (χ2n) is 7.14. The maximum atomic E-state index is 12.5. The van der Waals surface area contributed by atoms with Crippen molar-refractivity contribution in [2.75, 3.05) is 32.8 Å². The molecule has 0 aromatic heterocycles. The molecule has 1 aromatic carbocycles. The summed E-state index contributed by atoms with van der Waals surface area (Å²) in [5, 5.41) is 27.4. The van der Waals surface area contributed by atoms with Crippen molar-refractivity contribution in [3.05, 3.63) is 34.9 Å². The van der Waals surface area contributed by atoms with Crippen molar-refractivity contribution >= 4 is 29.2 Å². The Hall–Kier alpha value is -3.14. The van der Waals surface area contributed by atoms with Crippen molar-refractivity contribution in [1.82, 2.24) is 15.2 Å². The second kappa shape index (κ2) is 11.3. The second-order valence-corrected chi connectivity index (χ2v) is 7.58. The molecule has 0 bridgehead atoms. The van der Waals surface area contributed by atoms with E-state index in [0.29, 0.717) is 49.4 Å². The van der Waals surface area contributed by atoms with E-state index in [1.165, 1.54) is 0 Å². The van der Waals surface area contributed by atoms with Crippen LogP contribution in [0.3, 0.4) is 0 Å². The first kappa shape index (κ1) is 22.5. The third-order valence-electron chi connectivity index (χ3n) is 5.05. The lowest BCUT2D eigenvalue weighted by atomic mass is 10.0. The molecular formula is C21H24ClN7O2. The highest BCUT2D eigenvalue weighted by Crippen LogP contribution is 2.22. The fourth-order valence-electron chi connectivity index (χ4n) is 3.51. The van der Waals surface area contributed by atoms with Gasteiger partial charge in [0.2, 0.25) is 11.9 Å². The molecule has 1 N–H and O–H groups in total. The van der Waals surface area contributed by atoms with Crippen LogP contribution < -0.4 is 5.32 Å². The zero-order chi connectivity index (χ0) is 22.1. The van der Waals surface area contributed by atoms with Gasteiger partial charge in [0.25, 0.3) is 0 Å². The van der Waals surface area contributed by atoms with Crippen LogP contribution >= 0.6 is 11.6 Å². The number of hydrogen-bond donors (Lipinski definition) is 1. The smallest absolute Gasteiger partial charge is 0.249 e. The van der Waals surface area contributed by atoms with Crippen LogP contribution in [0.2, 0.25) is 5.02 Å². The molecule has 2 heterocycles. The summed E-state index contributed by atoms with van der Waals surface area (Å²) in [4.78, 5) is 18.8. The van der Waals surface area contributed by atoms with Crippen LogP contribution in [0.5, 0.6) is 0 Å². The minimum absolute atomic E-state index is 0.0461. The predicted octanol–water partition coefficient (Wildman–Crippen LogP) is 2.10. The van der Waals surface area contributed by atoms with Gasteiger partial charge < -0.3 is 9.64 Å². The van der Waals surface area contributed by atoms with Crippen molar-refractivity contribution in [3.63, 3.8) is 0 Å². The number of hydrazone groups is 1. The number of guanidine groups is 1. The molecule has 1 fully saturated rings. The first-order valence-corrected chi connectivity index (χ1v) is 10.6. The van der Waals surface area contributed by atoms with Gasteiger partial charge in [0.1, 0.15) is 6.61 Å². The van der Waals surface area contributed by atoms with E-state index in [1.807, 2.05) is 18.3 Å². The normalized spacial score (nSPS) is 19.1. The molecule has 1 amide bonds. The maximum absolute atomic E-state index is 12.5. The van der Waals surface area contributed by atoms with Gasteiger partial charge in [-0.15, -0.1) is 0 Å². The molecular weight excluding hydrogens is 418 g/mol. The van der Waals surface area contributed by atoms with Crippen molar-refractivity contribution < 1.29 is 9.53 Å². The number of amides is 1. The van der Waals surface area contributed by atoms with E-state index in [9.17, 15) is 10.1 Å². The van der Waals surface area contributed by atoms with E-state index in [2.05, 4.69) is 16.4 Å². The van der Waals surface area contributed by atoms with Crippen molar-refractivity contribution in [2.45, 2.75) is 31.7 Å². The van der Waals surface area contributed by atoms with Gasteiger partial charge in [0, 0.05) is 30.1 Å². The van der Waals surface area contributed by atoms with Gasteiger partial charge in [-0.25, -0.2) is 5.01 Å². The molecule has 9 nitrogen and oxygen atoms in total. The van der Waals surface area contributed by atoms with Crippen LogP contribution in [0, 0.1) is 22.8 Å². The molecule has 10 heteroatoms. The number of ether oxygens (including phenoxy) is 1. The molecule has 3 rings (SSSR count). The zero-order valence-corrected chi connectivity index (χ0v) is 17.9. The van der Waals surface area contributed by atoms with Gasteiger partial charge in [-0.3, -0.25) is 15.1 Å². The van der Waals surface area contributed by atoms with E-state index in [-0.39, 0.29) is 18.6 Å². The van der Waals surface area contributed by atoms with Crippen LogP contribution in [0.15, 0.2) is 34.4 Å². The van der Waals surface area contributed by atoms with Crippen LogP contribution in [-0.2, 0) is 9.53 Å². The highest BCUT2D eigenvalue weighted by Gasteiger charge is 2.37. The molecule has 1 atom stereocenters. The Bertz CT molecular complexity index is 917. The number of hydrogen-bond acceptors (Lipinski definition) is 6. The van der Waals surface area contributed by atoms with E-state index in [0.717, 1.165) is 24.8 Å². The van der Waals surface area contributed by atoms with E-state index < -0.39 is 0 Å². The van der Waals surface area contributed by atoms with Gasteiger partial charge in [-0.1, -0.05) is 30.2 Å². The van der Waals surface area contributed by atoms with Gasteiger partial charge in [-0.05, 0) is 25.0 Å². The fraction of sp³-hybridized carbons (Fsp3) is 0.476. The van der Waals surface area contributed by atoms with Crippen LogP contribution in [-0.4, -0.2) is 66.4 Å². The highest BCUT2D eigenvalue weighted by atomic mass is 35.5. The van der Waals surface area contributed by atoms with Crippen LogP contribution in [0.4, 0.5) is 0 Å². The number of rotatable bonds is 7. The summed E-state index contributed by atoms with van der Waals surface area (Å²) in [6.07, 6.45) is 4.98. The summed E-state index contributed by atoms with van der Waals surface area (Å²) in [5.41, 5.74) is 1.57. The Morgan fingerprint density at radius 1 is 1.29 bits per heavy atom. The van der Waals surface area contributed by atoms with Gasteiger partial charge in [0.05, 0.1) is 31.0 Å². The lowest BCUT2D eigenvalue weighted by molar-refractivity contribution is -0.143. The Balaban J connectivity index is 1.81. The molecule has 0 radical (unpaired) electrons. The zero-order valence-electron chi connectivity index (χ0n) is 17.1. The average molecular weight is 442 g/mol. The molecule has 1 saturated heterocycles. The standard InChI is InChI=1S/C21H24ClN7O2/c22-17-7-5-16(6-8-17)20-18(28-11-12-31-14-19(28)30)13-29(27-20)21(26-15-24)25-10-4-2-1-3-9-23/h5-8,18H,1-4,10-14H2,(H,25,26). The quantitative estimate of drug-likeness (QED) is 0.227. The fourth-order valence-corrected chi connectivity index (χ4v) is 3.64. The topological polar surface area (TPSA) is 117 Å². The Morgan fingerprint density at radius 2 is 2.10 bits per heavy atom. The number of morpholine rings is 1. The minimum atomic E-state index is -0.293.